The van der Waals surface area contributed by atoms with Crippen molar-refractivity contribution in [2.24, 2.45) is 23.7 Å². The second-order valence-corrected chi connectivity index (χ2v) is 16.2. The summed E-state index contributed by atoms with van der Waals surface area (Å²) in [5, 5.41) is 45.3. The van der Waals surface area contributed by atoms with Crippen LogP contribution in [0.15, 0.2) is 0 Å². The molecule has 18 atom stereocenters. The number of nitrogens with zero attached hydrogens (tertiary/aromatic N) is 2. The van der Waals surface area contributed by atoms with Gasteiger partial charge in [-0.05, 0) is 86.9 Å². The SMILES string of the molecule is CC[C@H]1OC(=O)[C@H](C)[C@@H](O[C@H]2C[C@H](OC)[C@@H](O)[C@H](C)O2)[C@H](C)[C@@H](O[C@@H]2O[C@H](C)C[C@H](N(C)C)[C@H]2O)[C@@H](C)C[C@@H](C)CN(C)[C@H](C)[C@@H](O)[C@]1(C)O. The molecule has 13 nitrogen and oxygen atoms in total. The number of carbonyl (C=O) groups is 1. The van der Waals surface area contributed by atoms with Gasteiger partial charge in [0, 0.05) is 38.1 Å². The van der Waals surface area contributed by atoms with Crippen molar-refractivity contribution in [2.75, 3.05) is 34.8 Å². The number of cyclic esters (lactones) is 1. The van der Waals surface area contributed by atoms with Crippen LogP contribution >= 0.6 is 0 Å². The van der Waals surface area contributed by atoms with Gasteiger partial charge in [-0.1, -0.05) is 27.7 Å². The first-order valence-electron chi connectivity index (χ1n) is 18.7. The summed E-state index contributed by atoms with van der Waals surface area (Å²) in [6, 6.07) is -0.615. The topological polar surface area (TPSA) is 160 Å². The third-order valence-corrected chi connectivity index (χ3v) is 11.7. The number of hydrogen-bond donors (Lipinski definition) is 4. The molecule has 0 radical (unpaired) electrons. The van der Waals surface area contributed by atoms with Crippen molar-refractivity contribution in [2.45, 2.75) is 173 Å². The summed E-state index contributed by atoms with van der Waals surface area (Å²) in [4.78, 5) is 18.1. The highest BCUT2D eigenvalue weighted by Crippen LogP contribution is 2.37. The average molecular weight is 719 g/mol. The van der Waals surface area contributed by atoms with Gasteiger partial charge in [-0.3, -0.25) is 4.79 Å². The van der Waals surface area contributed by atoms with E-state index in [9.17, 15) is 25.2 Å². The Bertz CT molecular complexity index is 1050. The highest BCUT2D eigenvalue weighted by Gasteiger charge is 2.49. The largest absolute Gasteiger partial charge is 0.459 e. The van der Waals surface area contributed by atoms with Crippen molar-refractivity contribution in [3.63, 3.8) is 0 Å². The van der Waals surface area contributed by atoms with Gasteiger partial charge in [0.25, 0.3) is 0 Å². The molecule has 0 saturated carbocycles. The molecule has 3 rings (SSSR count). The van der Waals surface area contributed by atoms with Crippen LogP contribution in [0.2, 0.25) is 0 Å². The maximum absolute atomic E-state index is 14.1. The number of ether oxygens (including phenoxy) is 6. The van der Waals surface area contributed by atoms with Gasteiger partial charge in [0.05, 0.1) is 36.4 Å². The van der Waals surface area contributed by atoms with E-state index in [2.05, 4.69) is 13.8 Å². The zero-order valence-corrected chi connectivity index (χ0v) is 32.9. The standard InChI is InChI=1S/C37H70N2O11/c1-14-28-37(9,44)34(42)24(7)39(12)18-19(2)15-20(3)32(50-36-31(41)26(38(10)11)16-21(4)46-36)22(5)33(23(6)35(43)48-28)49-29-17-27(45-13)30(40)25(8)47-29/h19-34,36,40-42,44H,14-18H2,1-13H3/t19-,20+,21-,22-,23-,24-,25+,26+,27+,28-,29+,30+,31-,32+,33+,34-,36+,37-/m1/s1. The molecule has 0 aromatic carbocycles. The molecule has 4 N–H and O–H groups in total. The molecule has 13 heteroatoms. The normalized spacial score (nSPS) is 48.1. The lowest BCUT2D eigenvalue weighted by Crippen LogP contribution is -2.59. The number of aliphatic hydroxyl groups excluding tert-OH is 3. The molecular weight excluding hydrogens is 648 g/mol. The molecule has 0 aliphatic carbocycles. The van der Waals surface area contributed by atoms with E-state index in [0.717, 1.165) is 0 Å². The molecule has 50 heavy (non-hydrogen) atoms. The number of likely N-dealkylation sites (N-methyl/N-ethyl adjacent to an activating group) is 2. The van der Waals surface area contributed by atoms with Gasteiger partial charge in [-0.25, -0.2) is 0 Å². The molecule has 3 aliphatic heterocycles. The predicted molar refractivity (Wildman–Crippen MR) is 188 cm³/mol. The van der Waals surface area contributed by atoms with Crippen molar-refractivity contribution >= 4 is 5.97 Å². The van der Waals surface area contributed by atoms with Crippen molar-refractivity contribution in [1.29, 1.82) is 0 Å². The number of methoxy groups -OCH3 is 1. The van der Waals surface area contributed by atoms with Crippen molar-refractivity contribution in [3.05, 3.63) is 0 Å². The van der Waals surface area contributed by atoms with Gasteiger partial charge < -0.3 is 58.6 Å². The first-order valence-corrected chi connectivity index (χ1v) is 18.7. The van der Waals surface area contributed by atoms with Gasteiger partial charge in [-0.15, -0.1) is 0 Å². The van der Waals surface area contributed by atoms with Crippen LogP contribution in [0.5, 0.6) is 0 Å². The summed E-state index contributed by atoms with van der Waals surface area (Å²) in [6.45, 7) is 17.5. The molecule has 0 unspecified atom stereocenters. The van der Waals surface area contributed by atoms with Crippen LogP contribution in [0.3, 0.4) is 0 Å². The number of esters is 1. The fourth-order valence-corrected chi connectivity index (χ4v) is 8.39. The highest BCUT2D eigenvalue weighted by molar-refractivity contribution is 5.73. The Kier molecular flexibility index (Phi) is 16.0. The zero-order valence-electron chi connectivity index (χ0n) is 32.9. The van der Waals surface area contributed by atoms with Gasteiger partial charge in [0.2, 0.25) is 0 Å². The Morgan fingerprint density at radius 3 is 2.16 bits per heavy atom. The van der Waals surface area contributed by atoms with Crippen LogP contribution in [0, 0.1) is 23.7 Å². The minimum atomic E-state index is -1.74. The van der Waals surface area contributed by atoms with Crippen LogP contribution in [0.1, 0.15) is 88.0 Å². The summed E-state index contributed by atoms with van der Waals surface area (Å²) in [5.41, 5.74) is -1.74. The van der Waals surface area contributed by atoms with Crippen molar-refractivity contribution in [3.8, 4) is 0 Å². The van der Waals surface area contributed by atoms with Crippen LogP contribution in [-0.4, -0.2) is 156 Å². The molecular formula is C37H70N2O11. The van der Waals surface area contributed by atoms with Gasteiger partial charge in [0.1, 0.15) is 30.0 Å². The lowest BCUT2D eigenvalue weighted by molar-refractivity contribution is -0.299. The molecule has 0 amide bonds. The summed E-state index contributed by atoms with van der Waals surface area (Å²) < 4.78 is 37.5. The summed E-state index contributed by atoms with van der Waals surface area (Å²) >= 11 is 0. The number of aliphatic hydroxyl groups is 4. The molecule has 0 bridgehead atoms. The van der Waals surface area contributed by atoms with E-state index in [1.165, 1.54) is 14.0 Å². The number of carbonyl (C=O) groups excluding carboxylic acids is 1. The molecule has 3 aliphatic rings. The van der Waals surface area contributed by atoms with Gasteiger partial charge in [0.15, 0.2) is 12.6 Å². The number of hydrogen-bond acceptors (Lipinski definition) is 13. The fraction of sp³-hybridized carbons (Fsp3) is 0.973. The first kappa shape index (κ1) is 43.4. The number of rotatable bonds is 7. The van der Waals surface area contributed by atoms with E-state index in [4.69, 9.17) is 28.4 Å². The van der Waals surface area contributed by atoms with E-state index in [0.29, 0.717) is 19.4 Å². The van der Waals surface area contributed by atoms with Crippen LogP contribution in [0.4, 0.5) is 0 Å². The average Bonchev–Trinajstić information content (AvgIpc) is 3.05. The Morgan fingerprint density at radius 2 is 1.58 bits per heavy atom. The highest BCUT2D eigenvalue weighted by atomic mass is 16.7. The third kappa shape index (κ3) is 10.2. The van der Waals surface area contributed by atoms with E-state index < -0.39 is 90.9 Å². The maximum Gasteiger partial charge on any atom is 0.311 e. The van der Waals surface area contributed by atoms with Gasteiger partial charge in [-0.2, -0.15) is 0 Å². The van der Waals surface area contributed by atoms with Crippen LogP contribution in [0.25, 0.3) is 0 Å². The Balaban J connectivity index is 2.10. The minimum absolute atomic E-state index is 0.0924. The molecule has 3 fully saturated rings. The van der Waals surface area contributed by atoms with E-state index in [1.807, 2.05) is 58.6 Å². The fourth-order valence-electron chi connectivity index (χ4n) is 8.39. The summed E-state index contributed by atoms with van der Waals surface area (Å²) in [5.74, 6) is -1.87. The smallest absolute Gasteiger partial charge is 0.311 e. The molecule has 3 saturated heterocycles. The maximum atomic E-state index is 14.1. The second-order valence-electron chi connectivity index (χ2n) is 16.2. The van der Waals surface area contributed by atoms with Crippen LogP contribution in [-0.2, 0) is 33.2 Å². The molecule has 3 heterocycles. The van der Waals surface area contributed by atoms with E-state index in [1.54, 1.807) is 13.8 Å². The Morgan fingerprint density at radius 1 is 0.940 bits per heavy atom. The molecule has 294 valence electrons. The summed E-state index contributed by atoms with van der Waals surface area (Å²) in [7, 11) is 7.32. The quantitative estimate of drug-likeness (QED) is 0.285. The second kappa shape index (κ2) is 18.4. The van der Waals surface area contributed by atoms with Crippen LogP contribution < -0.4 is 0 Å². The lowest BCUT2D eigenvalue weighted by atomic mass is 9.80. The zero-order chi connectivity index (χ0) is 37.8. The van der Waals surface area contributed by atoms with E-state index in [-0.39, 0.29) is 36.8 Å². The molecule has 0 spiro atoms. The Labute approximate surface area is 300 Å². The third-order valence-electron chi connectivity index (χ3n) is 11.7. The monoisotopic (exact) mass is 718 g/mol. The molecule has 0 aromatic rings. The van der Waals surface area contributed by atoms with E-state index >= 15 is 0 Å². The predicted octanol–water partition coefficient (Wildman–Crippen LogP) is 2.40. The van der Waals surface area contributed by atoms with Gasteiger partial charge >= 0.3 is 5.97 Å². The molecule has 0 aromatic heterocycles. The minimum Gasteiger partial charge on any atom is -0.459 e. The Hall–Kier alpha value is -0.970. The first-order chi connectivity index (χ1) is 23.2. The van der Waals surface area contributed by atoms with Crippen molar-refractivity contribution in [1.82, 2.24) is 9.80 Å². The van der Waals surface area contributed by atoms with Crippen molar-refractivity contribution < 1.29 is 53.6 Å². The lowest BCUT2D eigenvalue weighted by Gasteiger charge is -2.46. The summed E-state index contributed by atoms with van der Waals surface area (Å²) in [6.07, 6.45) is -6.45.